The zero-order valence-corrected chi connectivity index (χ0v) is 15.2. The van der Waals surface area contributed by atoms with Crippen molar-refractivity contribution in [3.05, 3.63) is 74.0 Å². The average Bonchev–Trinajstić information content (AvgIpc) is 2.62. The number of H-pyrrole nitrogens is 1. The first-order valence-corrected chi connectivity index (χ1v) is 8.41. The molecule has 4 nitrogen and oxygen atoms in total. The van der Waals surface area contributed by atoms with E-state index in [9.17, 15) is 28.3 Å². The molecule has 0 atom stereocenters. The normalized spacial score (nSPS) is 11.3. The van der Waals surface area contributed by atoms with Gasteiger partial charge in [-0.15, -0.1) is 0 Å². The topological polar surface area (TPSA) is 76.9 Å². The van der Waals surface area contributed by atoms with Gasteiger partial charge in [-0.3, -0.25) is 4.79 Å². The number of pyridine rings is 1. The lowest BCUT2D eigenvalue weighted by molar-refractivity contribution is -0.137. The van der Waals surface area contributed by atoms with Gasteiger partial charge in [0.25, 0.3) is 5.56 Å². The van der Waals surface area contributed by atoms with E-state index in [2.05, 4.69) is 4.98 Å². The summed E-state index contributed by atoms with van der Waals surface area (Å²) in [7, 11) is 0. The third kappa shape index (κ3) is 3.70. The fourth-order valence-electron chi connectivity index (χ4n) is 2.66. The van der Waals surface area contributed by atoms with Crippen molar-refractivity contribution in [1.82, 2.24) is 4.98 Å². The number of phenolic OH excluding ortho intramolecular Hbond substituents is 1. The number of aromatic amines is 1. The van der Waals surface area contributed by atoms with Gasteiger partial charge in [-0.05, 0) is 42.5 Å². The molecular formula is C19H9Cl2F3N2O2. The summed E-state index contributed by atoms with van der Waals surface area (Å²) in [6.45, 7) is 0. The molecule has 0 unspecified atom stereocenters. The molecule has 142 valence electrons. The van der Waals surface area contributed by atoms with Gasteiger partial charge in [0.15, 0.2) is 0 Å². The van der Waals surface area contributed by atoms with Gasteiger partial charge in [0.1, 0.15) is 17.4 Å². The SMILES string of the molecule is N#Cc1c(-c2cc(C(F)(F)F)ccc2Cl)cc(-c2cc(Cl)ccc2O)[nH]c1=O. The predicted molar refractivity (Wildman–Crippen MR) is 99.3 cm³/mol. The number of alkyl halides is 3. The van der Waals surface area contributed by atoms with Crippen molar-refractivity contribution in [2.45, 2.75) is 6.18 Å². The predicted octanol–water partition coefficient (Wildman–Crippen LogP) is 5.61. The Kier molecular flexibility index (Phi) is 5.11. The van der Waals surface area contributed by atoms with Crippen LogP contribution in [-0.4, -0.2) is 10.1 Å². The Balaban J connectivity index is 2.33. The van der Waals surface area contributed by atoms with Crippen LogP contribution in [0.2, 0.25) is 10.0 Å². The number of nitriles is 1. The molecule has 2 aromatic carbocycles. The Morgan fingerprint density at radius 3 is 2.36 bits per heavy atom. The van der Waals surface area contributed by atoms with Gasteiger partial charge in [0, 0.05) is 26.7 Å². The second-order valence-electron chi connectivity index (χ2n) is 5.77. The third-order valence-corrected chi connectivity index (χ3v) is 4.54. The van der Waals surface area contributed by atoms with Crippen molar-refractivity contribution in [2.24, 2.45) is 0 Å². The minimum atomic E-state index is -4.64. The molecule has 0 aliphatic rings. The van der Waals surface area contributed by atoms with Crippen LogP contribution in [0.15, 0.2) is 47.3 Å². The number of hydrogen-bond acceptors (Lipinski definition) is 3. The van der Waals surface area contributed by atoms with E-state index in [0.717, 1.165) is 18.2 Å². The summed E-state index contributed by atoms with van der Waals surface area (Å²) in [5, 5.41) is 19.6. The highest BCUT2D eigenvalue weighted by Gasteiger charge is 2.31. The molecule has 1 heterocycles. The van der Waals surface area contributed by atoms with Crippen LogP contribution in [0, 0.1) is 11.3 Å². The maximum atomic E-state index is 13.1. The molecule has 0 spiro atoms. The Morgan fingerprint density at radius 1 is 1.00 bits per heavy atom. The summed E-state index contributed by atoms with van der Waals surface area (Å²) in [6, 6.07) is 9.64. The average molecular weight is 425 g/mol. The highest BCUT2D eigenvalue weighted by Crippen LogP contribution is 2.38. The number of aromatic nitrogens is 1. The summed E-state index contributed by atoms with van der Waals surface area (Å²) < 4.78 is 39.3. The van der Waals surface area contributed by atoms with E-state index < -0.39 is 22.9 Å². The number of nitrogens with one attached hydrogen (secondary N) is 1. The molecule has 9 heteroatoms. The van der Waals surface area contributed by atoms with Crippen LogP contribution < -0.4 is 5.56 Å². The number of benzene rings is 2. The molecule has 0 amide bonds. The van der Waals surface area contributed by atoms with Crippen LogP contribution in [0.4, 0.5) is 13.2 Å². The molecule has 1 aromatic heterocycles. The minimum absolute atomic E-state index is 0.0625. The molecule has 0 aliphatic heterocycles. The van der Waals surface area contributed by atoms with Crippen LogP contribution in [-0.2, 0) is 6.18 Å². The zero-order valence-electron chi connectivity index (χ0n) is 13.7. The molecule has 28 heavy (non-hydrogen) atoms. The van der Waals surface area contributed by atoms with Gasteiger partial charge in [-0.1, -0.05) is 23.2 Å². The van der Waals surface area contributed by atoms with E-state index in [1.807, 2.05) is 0 Å². The van der Waals surface area contributed by atoms with Gasteiger partial charge >= 0.3 is 6.18 Å². The summed E-state index contributed by atoms with van der Waals surface area (Å²) in [5.74, 6) is -0.217. The van der Waals surface area contributed by atoms with Crippen molar-refractivity contribution in [3.8, 4) is 34.2 Å². The molecule has 0 aliphatic carbocycles. The summed E-state index contributed by atoms with van der Waals surface area (Å²) in [6.07, 6.45) is -4.64. The van der Waals surface area contributed by atoms with Crippen LogP contribution >= 0.6 is 23.2 Å². The number of rotatable bonds is 2. The number of halogens is 5. The van der Waals surface area contributed by atoms with Gasteiger partial charge in [-0.2, -0.15) is 18.4 Å². The molecular weight excluding hydrogens is 416 g/mol. The summed E-state index contributed by atoms with van der Waals surface area (Å²) in [4.78, 5) is 14.8. The lowest BCUT2D eigenvalue weighted by atomic mass is 9.97. The molecule has 0 saturated carbocycles. The van der Waals surface area contributed by atoms with Crippen molar-refractivity contribution >= 4 is 23.2 Å². The van der Waals surface area contributed by atoms with Gasteiger partial charge < -0.3 is 10.1 Å². The van der Waals surface area contributed by atoms with Crippen molar-refractivity contribution in [2.75, 3.05) is 0 Å². The summed E-state index contributed by atoms with van der Waals surface area (Å²) in [5.41, 5.74) is -2.28. The van der Waals surface area contributed by atoms with Crippen molar-refractivity contribution < 1.29 is 18.3 Å². The van der Waals surface area contributed by atoms with E-state index in [-0.39, 0.29) is 38.2 Å². The highest BCUT2D eigenvalue weighted by atomic mass is 35.5. The first-order chi connectivity index (χ1) is 13.1. The molecule has 0 fully saturated rings. The number of aromatic hydroxyl groups is 1. The zero-order chi connectivity index (χ0) is 20.6. The Hall–Kier alpha value is -2.95. The number of nitrogens with zero attached hydrogens (tertiary/aromatic N) is 1. The lowest BCUT2D eigenvalue weighted by Crippen LogP contribution is -2.13. The van der Waals surface area contributed by atoms with E-state index in [0.29, 0.717) is 0 Å². The quantitative estimate of drug-likeness (QED) is 0.560. The van der Waals surface area contributed by atoms with Gasteiger partial charge in [-0.25, -0.2) is 0 Å². The van der Waals surface area contributed by atoms with Crippen LogP contribution in [0.3, 0.4) is 0 Å². The fraction of sp³-hybridized carbons (Fsp3) is 0.0526. The van der Waals surface area contributed by atoms with E-state index in [1.54, 1.807) is 6.07 Å². The first-order valence-electron chi connectivity index (χ1n) is 7.65. The van der Waals surface area contributed by atoms with Crippen LogP contribution in [0.1, 0.15) is 11.1 Å². The maximum Gasteiger partial charge on any atom is 0.416 e. The molecule has 2 N–H and O–H groups in total. The highest BCUT2D eigenvalue weighted by molar-refractivity contribution is 6.33. The number of hydrogen-bond donors (Lipinski definition) is 2. The van der Waals surface area contributed by atoms with Crippen molar-refractivity contribution in [1.29, 1.82) is 5.26 Å². The molecule has 0 radical (unpaired) electrons. The largest absolute Gasteiger partial charge is 0.507 e. The van der Waals surface area contributed by atoms with Gasteiger partial charge in [0.05, 0.1) is 11.3 Å². The second kappa shape index (κ2) is 7.23. The maximum absolute atomic E-state index is 13.1. The minimum Gasteiger partial charge on any atom is -0.507 e. The Labute approximate surface area is 166 Å². The van der Waals surface area contributed by atoms with Crippen LogP contribution in [0.5, 0.6) is 5.75 Å². The Morgan fingerprint density at radius 2 is 1.71 bits per heavy atom. The first kappa shape index (κ1) is 19.8. The molecule has 0 saturated heterocycles. The standard InChI is InChI=1S/C19H9Cl2F3N2O2/c20-10-2-4-17(27)13(6-10)16-7-11(14(8-25)18(28)26-16)12-5-9(19(22,23)24)1-3-15(12)21/h1-7,27H,(H,26,28). The number of phenols is 1. The fourth-order valence-corrected chi connectivity index (χ4v) is 3.05. The molecule has 3 rings (SSSR count). The van der Waals surface area contributed by atoms with E-state index in [4.69, 9.17) is 23.2 Å². The molecule has 0 bridgehead atoms. The van der Waals surface area contributed by atoms with Crippen LogP contribution in [0.25, 0.3) is 22.4 Å². The smallest absolute Gasteiger partial charge is 0.416 e. The summed E-state index contributed by atoms with van der Waals surface area (Å²) >= 11 is 12.0. The van der Waals surface area contributed by atoms with E-state index in [1.165, 1.54) is 24.3 Å². The monoisotopic (exact) mass is 424 g/mol. The van der Waals surface area contributed by atoms with Gasteiger partial charge in [0.2, 0.25) is 0 Å². The van der Waals surface area contributed by atoms with Crippen molar-refractivity contribution in [3.63, 3.8) is 0 Å². The van der Waals surface area contributed by atoms with E-state index >= 15 is 0 Å². The lowest BCUT2D eigenvalue weighted by Gasteiger charge is -2.13. The second-order valence-corrected chi connectivity index (χ2v) is 6.61. The molecule has 3 aromatic rings. The third-order valence-electron chi connectivity index (χ3n) is 3.98. The Bertz CT molecular complexity index is 1180.